The summed E-state index contributed by atoms with van der Waals surface area (Å²) in [5, 5.41) is 24.0. The Morgan fingerprint density at radius 1 is 1.09 bits per heavy atom. The van der Waals surface area contributed by atoms with Crippen molar-refractivity contribution in [3.8, 4) is 5.75 Å². The van der Waals surface area contributed by atoms with E-state index in [4.69, 9.17) is 4.74 Å². The summed E-state index contributed by atoms with van der Waals surface area (Å²) in [6.07, 6.45) is -1.15. The molecular formula is C22H20N4O8. The first-order valence-electron chi connectivity index (χ1n) is 10.2. The standard InChI is InChI=1S/C22H20N4O8/c1-22(2)20(30)24(21(31)23-22)10-13(27)11-34-14-8-6-12(7-9-14)25-18(28)15-4-3-5-16(26(32)33)17(15)19(25)29/h3-9,13,27H,10-11H2,1-2H3,(H,23,31). The van der Waals surface area contributed by atoms with Gasteiger partial charge in [-0.3, -0.25) is 29.4 Å². The Labute approximate surface area is 192 Å². The highest BCUT2D eigenvalue weighted by atomic mass is 16.6. The first-order valence-corrected chi connectivity index (χ1v) is 10.2. The molecule has 12 nitrogen and oxygen atoms in total. The maximum Gasteiger partial charge on any atom is 0.325 e. The van der Waals surface area contributed by atoms with E-state index in [1.54, 1.807) is 13.8 Å². The molecule has 34 heavy (non-hydrogen) atoms. The number of anilines is 1. The van der Waals surface area contributed by atoms with Gasteiger partial charge >= 0.3 is 6.03 Å². The SMILES string of the molecule is CC1(C)NC(=O)N(CC(O)COc2ccc(N3C(=O)c4cccc([N+](=O)[O-])c4C3=O)cc2)C1=O. The zero-order chi connectivity index (χ0) is 24.8. The molecule has 2 aromatic carbocycles. The number of urea groups is 1. The van der Waals surface area contributed by atoms with Crippen LogP contribution in [0.25, 0.3) is 0 Å². The summed E-state index contributed by atoms with van der Waals surface area (Å²) in [7, 11) is 0. The molecule has 4 rings (SSSR count). The molecule has 176 valence electrons. The van der Waals surface area contributed by atoms with Crippen LogP contribution in [0.15, 0.2) is 42.5 Å². The lowest BCUT2D eigenvalue weighted by Crippen LogP contribution is -2.42. The number of nitro groups is 1. The van der Waals surface area contributed by atoms with Crippen molar-refractivity contribution in [1.29, 1.82) is 0 Å². The lowest BCUT2D eigenvalue weighted by atomic mass is 10.1. The highest BCUT2D eigenvalue weighted by molar-refractivity contribution is 6.35. The van der Waals surface area contributed by atoms with Gasteiger partial charge in [-0.15, -0.1) is 0 Å². The van der Waals surface area contributed by atoms with Crippen molar-refractivity contribution in [3.63, 3.8) is 0 Å². The van der Waals surface area contributed by atoms with Gasteiger partial charge in [0.1, 0.15) is 29.6 Å². The topological polar surface area (TPSA) is 159 Å². The fourth-order valence-electron chi connectivity index (χ4n) is 3.79. The van der Waals surface area contributed by atoms with E-state index in [-0.39, 0.29) is 30.0 Å². The number of imide groups is 2. The fraction of sp³-hybridized carbons (Fsp3) is 0.273. The van der Waals surface area contributed by atoms with E-state index in [0.29, 0.717) is 5.75 Å². The summed E-state index contributed by atoms with van der Waals surface area (Å²) >= 11 is 0. The maximum atomic E-state index is 12.8. The monoisotopic (exact) mass is 468 g/mol. The van der Waals surface area contributed by atoms with Crippen molar-refractivity contribution in [3.05, 3.63) is 63.7 Å². The van der Waals surface area contributed by atoms with Gasteiger partial charge in [0.05, 0.1) is 22.7 Å². The van der Waals surface area contributed by atoms with Gasteiger partial charge in [0.15, 0.2) is 0 Å². The summed E-state index contributed by atoms with van der Waals surface area (Å²) in [4.78, 5) is 61.9. The molecule has 1 saturated heterocycles. The number of carbonyl (C=O) groups excluding carboxylic acids is 4. The number of nitro benzene ring substituents is 1. The third-order valence-electron chi connectivity index (χ3n) is 5.46. The van der Waals surface area contributed by atoms with Crippen molar-refractivity contribution < 1.29 is 33.9 Å². The van der Waals surface area contributed by atoms with Crippen LogP contribution in [0.2, 0.25) is 0 Å². The third kappa shape index (κ3) is 3.83. The van der Waals surface area contributed by atoms with Crippen molar-refractivity contribution in [2.75, 3.05) is 18.1 Å². The minimum Gasteiger partial charge on any atom is -0.491 e. The van der Waals surface area contributed by atoms with Gasteiger partial charge in [0.2, 0.25) is 0 Å². The number of hydrogen-bond donors (Lipinski definition) is 2. The first kappa shape index (κ1) is 22.9. The van der Waals surface area contributed by atoms with Crippen molar-refractivity contribution >= 4 is 35.1 Å². The number of nitrogens with zero attached hydrogens (tertiary/aromatic N) is 3. The largest absolute Gasteiger partial charge is 0.491 e. The Kier molecular flexibility index (Phi) is 5.53. The van der Waals surface area contributed by atoms with Crippen LogP contribution in [0.4, 0.5) is 16.2 Å². The number of aliphatic hydroxyl groups is 1. The van der Waals surface area contributed by atoms with E-state index in [2.05, 4.69) is 5.32 Å². The normalized spacial score (nSPS) is 17.6. The lowest BCUT2D eigenvalue weighted by Gasteiger charge is -2.19. The van der Waals surface area contributed by atoms with Gasteiger partial charge in [-0.25, -0.2) is 9.69 Å². The first-order chi connectivity index (χ1) is 16.0. The van der Waals surface area contributed by atoms with E-state index in [1.165, 1.54) is 36.4 Å². The van der Waals surface area contributed by atoms with Crippen LogP contribution in [0.1, 0.15) is 34.6 Å². The van der Waals surface area contributed by atoms with Crippen LogP contribution in [-0.2, 0) is 4.79 Å². The molecule has 2 aromatic rings. The van der Waals surface area contributed by atoms with Gasteiger partial charge in [-0.2, -0.15) is 0 Å². The highest BCUT2D eigenvalue weighted by Crippen LogP contribution is 2.34. The number of hydrogen-bond acceptors (Lipinski definition) is 8. The average molecular weight is 468 g/mol. The van der Waals surface area contributed by atoms with Crippen LogP contribution in [-0.4, -0.2) is 63.5 Å². The Morgan fingerprint density at radius 2 is 1.76 bits per heavy atom. The molecule has 5 amide bonds. The van der Waals surface area contributed by atoms with Gasteiger partial charge in [0.25, 0.3) is 23.4 Å². The smallest absolute Gasteiger partial charge is 0.325 e. The van der Waals surface area contributed by atoms with Crippen LogP contribution in [0, 0.1) is 10.1 Å². The van der Waals surface area contributed by atoms with E-state index in [0.717, 1.165) is 15.9 Å². The van der Waals surface area contributed by atoms with E-state index >= 15 is 0 Å². The Hall–Kier alpha value is -4.32. The molecular weight excluding hydrogens is 448 g/mol. The molecule has 2 heterocycles. The van der Waals surface area contributed by atoms with E-state index < -0.39 is 46.0 Å². The van der Waals surface area contributed by atoms with Crippen LogP contribution in [0.3, 0.4) is 0 Å². The number of aliphatic hydroxyl groups excluding tert-OH is 1. The zero-order valence-corrected chi connectivity index (χ0v) is 18.2. The number of ether oxygens (including phenoxy) is 1. The second-order valence-electron chi connectivity index (χ2n) is 8.33. The quantitative estimate of drug-likeness (QED) is 0.267. The number of fused-ring (bicyclic) bond motifs is 1. The summed E-state index contributed by atoms with van der Waals surface area (Å²) in [6, 6.07) is 9.02. The van der Waals surface area contributed by atoms with Gasteiger partial charge in [-0.1, -0.05) is 6.07 Å². The molecule has 2 aliphatic rings. The minimum atomic E-state index is -1.15. The molecule has 0 aromatic heterocycles. The Balaban J connectivity index is 1.41. The van der Waals surface area contributed by atoms with Gasteiger partial charge < -0.3 is 15.2 Å². The van der Waals surface area contributed by atoms with Crippen LogP contribution in [0.5, 0.6) is 5.75 Å². The molecule has 1 unspecified atom stereocenters. The number of rotatable bonds is 7. The molecule has 0 bridgehead atoms. The molecule has 1 atom stereocenters. The van der Waals surface area contributed by atoms with Gasteiger partial charge in [-0.05, 0) is 44.2 Å². The molecule has 2 N–H and O–H groups in total. The predicted octanol–water partition coefficient (Wildman–Crippen LogP) is 1.47. The van der Waals surface area contributed by atoms with Crippen molar-refractivity contribution in [2.45, 2.75) is 25.5 Å². The lowest BCUT2D eigenvalue weighted by molar-refractivity contribution is -0.385. The number of amides is 5. The summed E-state index contributed by atoms with van der Waals surface area (Å²) < 4.78 is 5.49. The summed E-state index contributed by atoms with van der Waals surface area (Å²) in [6.45, 7) is 2.64. The fourth-order valence-corrected chi connectivity index (χ4v) is 3.79. The van der Waals surface area contributed by atoms with E-state index in [1.807, 2.05) is 0 Å². The molecule has 0 saturated carbocycles. The number of β-amino-alcohol motifs (C(OH)–C–C–N with tert-alkyl or cyclic N) is 1. The molecule has 0 radical (unpaired) electrons. The second kappa shape index (κ2) is 8.23. The summed E-state index contributed by atoms with van der Waals surface area (Å²) in [5.74, 6) is -1.64. The van der Waals surface area contributed by atoms with Crippen molar-refractivity contribution in [2.24, 2.45) is 0 Å². The van der Waals surface area contributed by atoms with Crippen molar-refractivity contribution in [1.82, 2.24) is 10.2 Å². The number of carbonyl (C=O) groups is 4. The highest BCUT2D eigenvalue weighted by Gasteiger charge is 2.45. The molecule has 0 aliphatic carbocycles. The molecule has 12 heteroatoms. The molecule has 1 fully saturated rings. The van der Waals surface area contributed by atoms with E-state index in [9.17, 15) is 34.4 Å². The van der Waals surface area contributed by atoms with Gasteiger partial charge in [0, 0.05) is 6.07 Å². The molecule has 2 aliphatic heterocycles. The number of benzene rings is 2. The number of nitrogens with one attached hydrogen (secondary N) is 1. The zero-order valence-electron chi connectivity index (χ0n) is 18.2. The average Bonchev–Trinajstić information content (AvgIpc) is 3.16. The minimum absolute atomic E-state index is 0.0497. The third-order valence-corrected chi connectivity index (χ3v) is 5.46. The second-order valence-corrected chi connectivity index (χ2v) is 8.33. The van der Waals surface area contributed by atoms with Crippen LogP contribution >= 0.6 is 0 Å². The predicted molar refractivity (Wildman–Crippen MR) is 117 cm³/mol. The Morgan fingerprint density at radius 3 is 2.35 bits per heavy atom. The maximum absolute atomic E-state index is 12.8. The summed E-state index contributed by atoms with van der Waals surface area (Å²) in [5.41, 5.74) is -1.61. The van der Waals surface area contributed by atoms with Crippen LogP contribution < -0.4 is 15.0 Å². The molecule has 0 spiro atoms. The Bertz CT molecular complexity index is 1220.